The maximum absolute atomic E-state index is 12.0. The third-order valence-corrected chi connectivity index (χ3v) is 2.72. The van der Waals surface area contributed by atoms with E-state index in [1.807, 2.05) is 0 Å². The van der Waals surface area contributed by atoms with E-state index < -0.39 is 31.0 Å². The quantitative estimate of drug-likeness (QED) is 0.822. The van der Waals surface area contributed by atoms with E-state index >= 15 is 0 Å². The van der Waals surface area contributed by atoms with Crippen molar-refractivity contribution in [2.24, 2.45) is 0 Å². The van der Waals surface area contributed by atoms with Gasteiger partial charge in [0.2, 0.25) is 0 Å². The van der Waals surface area contributed by atoms with E-state index in [1.165, 1.54) is 18.2 Å². The molecule has 0 unspecified atom stereocenters. The SMILES string of the molecule is Cc1c(C=CC(=O)O)cccc1C(=O)NCCC(F)(F)F. The van der Waals surface area contributed by atoms with Crippen molar-refractivity contribution in [2.45, 2.75) is 19.5 Å². The van der Waals surface area contributed by atoms with E-state index in [0.717, 1.165) is 6.08 Å². The van der Waals surface area contributed by atoms with Crippen LogP contribution in [0.25, 0.3) is 6.08 Å². The largest absolute Gasteiger partial charge is 0.478 e. The van der Waals surface area contributed by atoms with E-state index in [1.54, 1.807) is 13.0 Å². The molecule has 0 aliphatic rings. The first-order chi connectivity index (χ1) is 9.70. The molecule has 1 aromatic rings. The van der Waals surface area contributed by atoms with Crippen LogP contribution in [0.2, 0.25) is 0 Å². The zero-order chi connectivity index (χ0) is 16.0. The second kappa shape index (κ2) is 6.92. The minimum Gasteiger partial charge on any atom is -0.478 e. The number of carbonyl (C=O) groups is 2. The first-order valence-corrected chi connectivity index (χ1v) is 6.06. The van der Waals surface area contributed by atoms with Crippen LogP contribution in [0, 0.1) is 6.92 Å². The van der Waals surface area contributed by atoms with Crippen LogP contribution in [0.4, 0.5) is 13.2 Å². The van der Waals surface area contributed by atoms with Gasteiger partial charge in [-0.3, -0.25) is 4.79 Å². The molecule has 0 spiro atoms. The highest BCUT2D eigenvalue weighted by molar-refractivity contribution is 5.97. The highest BCUT2D eigenvalue weighted by atomic mass is 19.4. The molecule has 0 atom stereocenters. The van der Waals surface area contributed by atoms with Crippen LogP contribution in [-0.2, 0) is 4.79 Å². The molecule has 0 heterocycles. The van der Waals surface area contributed by atoms with Crippen molar-refractivity contribution in [1.82, 2.24) is 5.32 Å². The van der Waals surface area contributed by atoms with Crippen LogP contribution in [-0.4, -0.2) is 29.7 Å². The predicted octanol–water partition coefficient (Wildman–Crippen LogP) is 2.78. The molecule has 1 aromatic carbocycles. The normalized spacial score (nSPS) is 11.6. The van der Waals surface area contributed by atoms with Crippen molar-refractivity contribution in [1.29, 1.82) is 0 Å². The summed E-state index contributed by atoms with van der Waals surface area (Å²) in [6, 6.07) is 4.62. The number of carboxylic acids is 1. The van der Waals surface area contributed by atoms with Gasteiger partial charge in [0.25, 0.3) is 5.91 Å². The summed E-state index contributed by atoms with van der Waals surface area (Å²) in [5.41, 5.74) is 1.23. The standard InChI is InChI=1S/C14H14F3NO3/c1-9-10(5-6-12(19)20)3-2-4-11(9)13(21)18-8-7-14(15,16)17/h2-6H,7-8H2,1H3,(H,18,21)(H,19,20). The molecule has 0 aromatic heterocycles. The zero-order valence-corrected chi connectivity index (χ0v) is 11.2. The highest BCUT2D eigenvalue weighted by Crippen LogP contribution is 2.19. The van der Waals surface area contributed by atoms with Crippen LogP contribution < -0.4 is 5.32 Å². The maximum atomic E-state index is 12.0. The molecule has 0 saturated carbocycles. The number of nitrogens with one attached hydrogen (secondary N) is 1. The minimum atomic E-state index is -4.33. The van der Waals surface area contributed by atoms with E-state index in [-0.39, 0.29) is 5.56 Å². The molecule has 114 valence electrons. The van der Waals surface area contributed by atoms with Crippen LogP contribution in [0.1, 0.15) is 27.9 Å². The second-order valence-electron chi connectivity index (χ2n) is 4.31. The molecule has 0 saturated heterocycles. The Morgan fingerprint density at radius 1 is 1.33 bits per heavy atom. The van der Waals surface area contributed by atoms with Gasteiger partial charge in [-0.05, 0) is 30.2 Å². The van der Waals surface area contributed by atoms with Gasteiger partial charge in [-0.15, -0.1) is 0 Å². The monoisotopic (exact) mass is 301 g/mol. The van der Waals surface area contributed by atoms with Gasteiger partial charge in [-0.2, -0.15) is 13.2 Å². The molecule has 0 aliphatic heterocycles. The van der Waals surface area contributed by atoms with Gasteiger partial charge in [0, 0.05) is 18.2 Å². The summed E-state index contributed by atoms with van der Waals surface area (Å²) >= 11 is 0. The lowest BCUT2D eigenvalue weighted by Crippen LogP contribution is -2.28. The van der Waals surface area contributed by atoms with Gasteiger partial charge in [-0.25, -0.2) is 4.79 Å². The molecule has 0 bridgehead atoms. The smallest absolute Gasteiger partial charge is 0.390 e. The molecule has 0 radical (unpaired) electrons. The van der Waals surface area contributed by atoms with Crippen molar-refractivity contribution < 1.29 is 27.9 Å². The van der Waals surface area contributed by atoms with Gasteiger partial charge >= 0.3 is 12.1 Å². The molecular formula is C14H14F3NO3. The fourth-order valence-electron chi connectivity index (χ4n) is 1.65. The van der Waals surface area contributed by atoms with Crippen molar-refractivity contribution in [3.63, 3.8) is 0 Å². The fourth-order valence-corrected chi connectivity index (χ4v) is 1.65. The molecule has 4 nitrogen and oxygen atoms in total. The number of aliphatic carboxylic acids is 1. The molecule has 2 N–H and O–H groups in total. The van der Waals surface area contributed by atoms with Crippen molar-refractivity contribution >= 4 is 18.0 Å². The van der Waals surface area contributed by atoms with Crippen LogP contribution in [0.15, 0.2) is 24.3 Å². The summed E-state index contributed by atoms with van der Waals surface area (Å²) in [6.45, 7) is 1.09. The fraction of sp³-hybridized carbons (Fsp3) is 0.286. The van der Waals surface area contributed by atoms with E-state index in [4.69, 9.17) is 5.11 Å². The molecule has 0 aliphatic carbocycles. The Labute approximate surface area is 119 Å². The van der Waals surface area contributed by atoms with Gasteiger partial charge in [0.05, 0.1) is 6.42 Å². The highest BCUT2D eigenvalue weighted by Gasteiger charge is 2.26. The van der Waals surface area contributed by atoms with E-state index in [0.29, 0.717) is 11.1 Å². The van der Waals surface area contributed by atoms with Crippen LogP contribution >= 0.6 is 0 Å². The van der Waals surface area contributed by atoms with Gasteiger partial charge in [-0.1, -0.05) is 12.1 Å². The number of hydrogen-bond donors (Lipinski definition) is 2. The topological polar surface area (TPSA) is 66.4 Å². The molecular weight excluding hydrogens is 287 g/mol. The zero-order valence-electron chi connectivity index (χ0n) is 11.2. The number of rotatable bonds is 5. The Morgan fingerprint density at radius 3 is 2.57 bits per heavy atom. The lowest BCUT2D eigenvalue weighted by Gasteiger charge is -2.11. The average molecular weight is 301 g/mol. The summed E-state index contributed by atoms with van der Waals surface area (Å²) in [5, 5.41) is 10.8. The van der Waals surface area contributed by atoms with Crippen LogP contribution in [0.3, 0.4) is 0 Å². The first-order valence-electron chi connectivity index (χ1n) is 6.06. The summed E-state index contributed by atoms with van der Waals surface area (Å²) in [5.74, 6) is -1.75. The molecule has 1 amide bonds. The number of halogens is 3. The summed E-state index contributed by atoms with van der Waals surface area (Å²) in [4.78, 5) is 22.3. The predicted molar refractivity (Wildman–Crippen MR) is 70.9 cm³/mol. The Kier molecular flexibility index (Phi) is 5.52. The summed E-state index contributed by atoms with van der Waals surface area (Å²) in [7, 11) is 0. The van der Waals surface area contributed by atoms with Crippen molar-refractivity contribution in [3.05, 3.63) is 41.0 Å². The number of benzene rings is 1. The van der Waals surface area contributed by atoms with E-state index in [2.05, 4.69) is 5.32 Å². The number of carbonyl (C=O) groups excluding carboxylic acids is 1. The summed E-state index contributed by atoms with van der Waals surface area (Å²) < 4.78 is 36.0. The van der Waals surface area contributed by atoms with Gasteiger partial charge in [0.1, 0.15) is 0 Å². The molecule has 7 heteroatoms. The maximum Gasteiger partial charge on any atom is 0.390 e. The lowest BCUT2D eigenvalue weighted by atomic mass is 10.0. The van der Waals surface area contributed by atoms with Gasteiger partial charge < -0.3 is 10.4 Å². The Hall–Kier alpha value is -2.31. The van der Waals surface area contributed by atoms with Crippen LogP contribution in [0.5, 0.6) is 0 Å². The van der Waals surface area contributed by atoms with Gasteiger partial charge in [0.15, 0.2) is 0 Å². The number of carboxylic acid groups (broad SMARTS) is 1. The van der Waals surface area contributed by atoms with Crippen molar-refractivity contribution in [2.75, 3.05) is 6.54 Å². The minimum absolute atomic E-state index is 0.213. The third-order valence-electron chi connectivity index (χ3n) is 2.72. The third kappa shape index (κ3) is 5.68. The number of alkyl halides is 3. The molecule has 0 fully saturated rings. The average Bonchev–Trinajstić information content (AvgIpc) is 2.35. The molecule has 21 heavy (non-hydrogen) atoms. The Morgan fingerprint density at radius 2 is 2.00 bits per heavy atom. The Balaban J connectivity index is 2.81. The molecule has 1 rings (SSSR count). The summed E-state index contributed by atoms with van der Waals surface area (Å²) in [6.07, 6.45) is -3.18. The first kappa shape index (κ1) is 16.7. The number of amides is 1. The van der Waals surface area contributed by atoms with Crippen molar-refractivity contribution in [3.8, 4) is 0 Å². The Bertz CT molecular complexity index is 565. The van der Waals surface area contributed by atoms with E-state index in [9.17, 15) is 22.8 Å². The number of hydrogen-bond acceptors (Lipinski definition) is 2. The lowest BCUT2D eigenvalue weighted by molar-refractivity contribution is -0.133. The second-order valence-corrected chi connectivity index (χ2v) is 4.31.